The van der Waals surface area contributed by atoms with Gasteiger partial charge in [-0.05, 0) is 42.0 Å². The minimum Gasteiger partial charge on any atom is -0.349 e. The van der Waals surface area contributed by atoms with E-state index in [9.17, 15) is 9.18 Å². The Morgan fingerprint density at radius 3 is 2.53 bits per heavy atom. The molecule has 5 aromatic rings. The van der Waals surface area contributed by atoms with Gasteiger partial charge in [-0.25, -0.2) is 9.37 Å². The first-order valence-corrected chi connectivity index (χ1v) is 10.6. The Morgan fingerprint density at radius 1 is 1.00 bits per heavy atom. The molecule has 3 aromatic carbocycles. The number of nitrogens with one attached hydrogen (secondary N) is 1. The summed E-state index contributed by atoms with van der Waals surface area (Å²) in [6, 6.07) is 21.1. The number of para-hydroxylation sites is 1. The third-order valence-electron chi connectivity index (χ3n) is 4.89. The lowest BCUT2D eigenvalue weighted by atomic mass is 10.2. The number of nitrogens with zero attached hydrogens (tertiary/aromatic N) is 2. The quantitative estimate of drug-likeness (QED) is 0.280. The van der Waals surface area contributed by atoms with Crippen LogP contribution < -0.4 is 5.56 Å². The van der Waals surface area contributed by atoms with Gasteiger partial charge in [0, 0.05) is 21.7 Å². The Bertz CT molecular complexity index is 1440. The number of H-pyrrole nitrogens is 1. The van der Waals surface area contributed by atoms with Crippen LogP contribution in [-0.2, 0) is 5.75 Å². The Balaban J connectivity index is 1.72. The summed E-state index contributed by atoms with van der Waals surface area (Å²) in [7, 11) is 0. The van der Waals surface area contributed by atoms with E-state index in [2.05, 4.69) is 4.98 Å². The van der Waals surface area contributed by atoms with E-state index >= 15 is 0 Å². The second-order valence-electron chi connectivity index (χ2n) is 6.79. The maximum Gasteiger partial charge on any atom is 0.283 e. The predicted molar refractivity (Wildman–Crippen MR) is 120 cm³/mol. The van der Waals surface area contributed by atoms with Gasteiger partial charge in [0.1, 0.15) is 16.9 Å². The van der Waals surface area contributed by atoms with E-state index in [1.54, 1.807) is 12.1 Å². The van der Waals surface area contributed by atoms with Crippen LogP contribution in [0.25, 0.3) is 27.6 Å². The fraction of sp³-hybridized carbons (Fsp3) is 0.0435. The largest absolute Gasteiger partial charge is 0.349 e. The number of rotatable bonds is 4. The van der Waals surface area contributed by atoms with Crippen molar-refractivity contribution in [1.29, 1.82) is 0 Å². The molecule has 0 spiro atoms. The average Bonchev–Trinajstić information content (AvgIpc) is 3.13. The summed E-state index contributed by atoms with van der Waals surface area (Å²) >= 11 is 7.72. The van der Waals surface area contributed by atoms with E-state index in [0.29, 0.717) is 32.7 Å². The number of fused-ring (bicyclic) bond motifs is 3. The number of hydrogen-bond donors (Lipinski definition) is 1. The fourth-order valence-electron chi connectivity index (χ4n) is 3.41. The van der Waals surface area contributed by atoms with Crippen LogP contribution in [0.2, 0.25) is 5.02 Å². The van der Waals surface area contributed by atoms with E-state index < -0.39 is 0 Å². The van der Waals surface area contributed by atoms with Crippen molar-refractivity contribution < 1.29 is 4.39 Å². The van der Waals surface area contributed by atoms with Crippen molar-refractivity contribution in [2.45, 2.75) is 10.9 Å². The summed E-state index contributed by atoms with van der Waals surface area (Å²) in [5.74, 6) is 0.179. The van der Waals surface area contributed by atoms with Crippen molar-refractivity contribution in [3.05, 3.63) is 99.6 Å². The topological polar surface area (TPSA) is 50.7 Å². The highest BCUT2D eigenvalue weighted by Gasteiger charge is 2.17. The lowest BCUT2D eigenvalue weighted by molar-refractivity contribution is 0.627. The average molecular weight is 436 g/mol. The molecule has 0 radical (unpaired) electrons. The van der Waals surface area contributed by atoms with Gasteiger partial charge in [0.2, 0.25) is 0 Å². The van der Waals surface area contributed by atoms with E-state index in [1.165, 1.54) is 28.5 Å². The maximum atomic E-state index is 13.5. The van der Waals surface area contributed by atoms with E-state index in [0.717, 1.165) is 16.5 Å². The van der Waals surface area contributed by atoms with E-state index in [-0.39, 0.29) is 11.4 Å². The second-order valence-corrected chi connectivity index (χ2v) is 8.14. The smallest absolute Gasteiger partial charge is 0.283 e. The van der Waals surface area contributed by atoms with Gasteiger partial charge in [-0.3, -0.25) is 9.36 Å². The highest BCUT2D eigenvalue weighted by Crippen LogP contribution is 2.29. The highest BCUT2D eigenvalue weighted by molar-refractivity contribution is 7.98. The summed E-state index contributed by atoms with van der Waals surface area (Å²) in [5, 5.41) is 2.06. The maximum absolute atomic E-state index is 13.5. The van der Waals surface area contributed by atoms with Crippen molar-refractivity contribution in [3.8, 4) is 5.69 Å². The number of hydrogen-bond acceptors (Lipinski definition) is 3. The molecule has 0 aliphatic heterocycles. The zero-order valence-electron chi connectivity index (χ0n) is 15.6. The van der Waals surface area contributed by atoms with Crippen LogP contribution in [0.3, 0.4) is 0 Å². The summed E-state index contributed by atoms with van der Waals surface area (Å²) in [5.41, 5.74) is 3.15. The van der Waals surface area contributed by atoms with Crippen LogP contribution in [-0.4, -0.2) is 14.5 Å². The molecule has 148 valence electrons. The standard InChI is InChI=1S/C23H15ClFN3OS/c24-18-7-3-1-5-14(18)13-30-23-27-20-17-6-2-4-8-19(17)26-21(20)22(29)28(23)16-11-9-15(25)10-12-16/h1-12,26H,13H2. The van der Waals surface area contributed by atoms with Gasteiger partial charge in [-0.2, -0.15) is 0 Å². The molecule has 2 heterocycles. The first kappa shape index (κ1) is 18.9. The first-order valence-electron chi connectivity index (χ1n) is 9.27. The Labute approximate surface area is 180 Å². The van der Waals surface area contributed by atoms with Crippen LogP contribution >= 0.6 is 23.4 Å². The molecule has 0 aliphatic rings. The molecule has 0 saturated carbocycles. The Hall–Kier alpha value is -3.09. The van der Waals surface area contributed by atoms with Crippen LogP contribution in [0, 0.1) is 5.82 Å². The van der Waals surface area contributed by atoms with Gasteiger partial charge in [-0.15, -0.1) is 0 Å². The Kier molecular flexibility index (Phi) is 4.81. The number of benzene rings is 3. The SMILES string of the molecule is O=c1c2[nH]c3ccccc3c2nc(SCc2ccccc2Cl)n1-c1ccc(F)cc1. The lowest BCUT2D eigenvalue weighted by Gasteiger charge is -2.12. The fourth-order valence-corrected chi connectivity index (χ4v) is 4.71. The minimum atomic E-state index is -0.364. The Morgan fingerprint density at radius 2 is 1.73 bits per heavy atom. The van der Waals surface area contributed by atoms with Gasteiger partial charge in [0.05, 0.1) is 5.69 Å². The highest BCUT2D eigenvalue weighted by atomic mass is 35.5. The summed E-state index contributed by atoms with van der Waals surface area (Å²) in [6.45, 7) is 0. The molecule has 30 heavy (non-hydrogen) atoms. The normalized spacial score (nSPS) is 11.4. The van der Waals surface area contributed by atoms with Gasteiger partial charge in [-0.1, -0.05) is 59.8 Å². The second kappa shape index (κ2) is 7.63. The molecule has 0 fully saturated rings. The van der Waals surface area contributed by atoms with Gasteiger partial charge in [0.25, 0.3) is 5.56 Å². The van der Waals surface area contributed by atoms with Gasteiger partial charge in [0.15, 0.2) is 5.16 Å². The predicted octanol–water partition coefficient (Wildman–Crippen LogP) is 5.95. The monoisotopic (exact) mass is 435 g/mol. The van der Waals surface area contributed by atoms with Gasteiger partial charge < -0.3 is 4.98 Å². The molecule has 0 unspecified atom stereocenters. The number of aromatic amines is 1. The lowest BCUT2D eigenvalue weighted by Crippen LogP contribution is -2.21. The van der Waals surface area contributed by atoms with Crippen molar-refractivity contribution >= 4 is 45.3 Å². The van der Waals surface area contributed by atoms with Crippen LogP contribution in [0.15, 0.2) is 82.7 Å². The number of aromatic nitrogens is 3. The number of thioether (sulfide) groups is 1. The molecule has 5 rings (SSSR count). The molecule has 0 bridgehead atoms. The third-order valence-corrected chi connectivity index (χ3v) is 6.25. The van der Waals surface area contributed by atoms with Crippen molar-refractivity contribution in [1.82, 2.24) is 14.5 Å². The minimum absolute atomic E-state index is 0.232. The summed E-state index contributed by atoms with van der Waals surface area (Å²) < 4.78 is 15.0. The van der Waals surface area contributed by atoms with Crippen molar-refractivity contribution in [2.24, 2.45) is 0 Å². The molecule has 0 atom stereocenters. The third kappa shape index (κ3) is 3.28. The summed E-state index contributed by atoms with van der Waals surface area (Å²) in [4.78, 5) is 21.4. The van der Waals surface area contributed by atoms with Crippen LogP contribution in [0.4, 0.5) is 4.39 Å². The van der Waals surface area contributed by atoms with E-state index in [1.807, 2.05) is 48.5 Å². The molecule has 1 N–H and O–H groups in total. The van der Waals surface area contributed by atoms with Crippen molar-refractivity contribution in [2.75, 3.05) is 0 Å². The van der Waals surface area contributed by atoms with Gasteiger partial charge >= 0.3 is 0 Å². The molecule has 2 aromatic heterocycles. The van der Waals surface area contributed by atoms with Crippen molar-refractivity contribution in [3.63, 3.8) is 0 Å². The molecule has 7 heteroatoms. The molecule has 0 amide bonds. The zero-order valence-corrected chi connectivity index (χ0v) is 17.2. The first-order chi connectivity index (χ1) is 14.6. The van der Waals surface area contributed by atoms with Crippen LogP contribution in [0.1, 0.15) is 5.56 Å². The molecule has 0 aliphatic carbocycles. The van der Waals surface area contributed by atoms with Crippen LogP contribution in [0.5, 0.6) is 0 Å². The zero-order chi connectivity index (χ0) is 20.7. The molecular formula is C23H15ClFN3OS. The number of halogens is 2. The molecule has 0 saturated heterocycles. The summed E-state index contributed by atoms with van der Waals surface area (Å²) in [6.07, 6.45) is 0. The van der Waals surface area contributed by atoms with E-state index in [4.69, 9.17) is 16.6 Å². The molecular weight excluding hydrogens is 421 g/mol. The molecule has 4 nitrogen and oxygen atoms in total.